The molecule has 1 aromatic rings. The summed E-state index contributed by atoms with van der Waals surface area (Å²) in [6.45, 7) is 3.39. The maximum absolute atomic E-state index is 14.0. The summed E-state index contributed by atoms with van der Waals surface area (Å²) in [5.41, 5.74) is -0.784. The predicted octanol–water partition coefficient (Wildman–Crippen LogP) is 4.27. The summed E-state index contributed by atoms with van der Waals surface area (Å²) in [5.74, 6) is -3.27. The Bertz CT molecular complexity index is 644. The molecule has 0 aliphatic carbocycles. The lowest BCUT2D eigenvalue weighted by molar-refractivity contribution is -0.0826. The molecule has 0 saturated carbocycles. The first-order chi connectivity index (χ1) is 11.5. The predicted molar refractivity (Wildman–Crippen MR) is 93.9 cm³/mol. The van der Waals surface area contributed by atoms with Crippen LogP contribution in [0, 0.1) is 0 Å². The Morgan fingerprint density at radius 2 is 2.12 bits per heavy atom. The van der Waals surface area contributed by atoms with Gasteiger partial charge in [0.05, 0.1) is 23.3 Å². The zero-order chi connectivity index (χ0) is 18.8. The summed E-state index contributed by atoms with van der Waals surface area (Å²) in [4.78, 5) is 26.1. The van der Waals surface area contributed by atoms with Gasteiger partial charge in [-0.25, -0.2) is 13.6 Å². The Hall–Kier alpha value is -1.06. The van der Waals surface area contributed by atoms with Gasteiger partial charge in [-0.3, -0.25) is 9.69 Å². The number of amides is 1. The highest BCUT2D eigenvalue weighted by molar-refractivity contribution is 9.09. The maximum atomic E-state index is 14.0. The number of nitrogens with zero attached hydrogens (tertiary/aromatic N) is 1. The first kappa shape index (κ1) is 20.3. The molecule has 1 atom stereocenters. The van der Waals surface area contributed by atoms with Crippen LogP contribution in [0.1, 0.15) is 41.4 Å². The van der Waals surface area contributed by atoms with Crippen molar-refractivity contribution in [1.29, 1.82) is 0 Å². The van der Waals surface area contributed by atoms with Crippen molar-refractivity contribution >= 4 is 39.1 Å². The smallest absolute Gasteiger partial charge is 0.410 e. The summed E-state index contributed by atoms with van der Waals surface area (Å²) < 4.78 is 38.4. The van der Waals surface area contributed by atoms with Crippen LogP contribution in [0.3, 0.4) is 0 Å². The van der Waals surface area contributed by atoms with E-state index in [0.717, 1.165) is 4.90 Å². The topological polar surface area (TPSA) is 55.8 Å². The van der Waals surface area contributed by atoms with Crippen LogP contribution in [-0.2, 0) is 9.47 Å². The Morgan fingerprint density at radius 1 is 1.44 bits per heavy atom. The highest BCUT2D eigenvalue weighted by Crippen LogP contribution is 2.32. The van der Waals surface area contributed by atoms with E-state index in [1.807, 2.05) is 0 Å². The fourth-order valence-corrected chi connectivity index (χ4v) is 3.72. The number of carbonyl (C=O) groups is 2. The minimum absolute atomic E-state index is 0.0625. The minimum atomic E-state index is -3.17. The summed E-state index contributed by atoms with van der Waals surface area (Å²) in [6.07, 6.45) is -1.54. The molecule has 1 saturated heterocycles. The number of hydrogen-bond donors (Lipinski definition) is 0. The van der Waals surface area contributed by atoms with Gasteiger partial charge in [0.25, 0.3) is 5.92 Å². The average Bonchev–Trinajstić information content (AvgIpc) is 2.91. The van der Waals surface area contributed by atoms with Crippen molar-refractivity contribution in [2.45, 2.75) is 38.4 Å². The van der Waals surface area contributed by atoms with Gasteiger partial charge in [-0.2, -0.15) is 0 Å². The Kier molecular flexibility index (Phi) is 6.22. The molecule has 1 aliphatic rings. The van der Waals surface area contributed by atoms with Crippen LogP contribution in [0.25, 0.3) is 0 Å². The molecule has 1 unspecified atom stereocenters. The highest BCUT2D eigenvalue weighted by Gasteiger charge is 2.41. The van der Waals surface area contributed by atoms with Crippen molar-refractivity contribution in [2.75, 3.05) is 25.0 Å². The number of ether oxygens (including phenoxy) is 2. The van der Waals surface area contributed by atoms with Crippen molar-refractivity contribution in [1.82, 2.24) is 4.90 Å². The lowest BCUT2D eigenvalue weighted by Crippen LogP contribution is -2.43. The van der Waals surface area contributed by atoms with Crippen LogP contribution in [0.15, 0.2) is 12.1 Å². The van der Waals surface area contributed by atoms with Crippen molar-refractivity contribution in [3.8, 4) is 0 Å². The highest BCUT2D eigenvalue weighted by atomic mass is 79.9. The number of halogens is 3. The molecule has 1 amide bonds. The van der Waals surface area contributed by atoms with Crippen LogP contribution in [0.4, 0.5) is 13.6 Å². The molecule has 5 nitrogen and oxygen atoms in total. The molecule has 0 aromatic carbocycles. The number of ketones is 1. The molecule has 0 radical (unpaired) electrons. The largest absolute Gasteiger partial charge is 0.444 e. The van der Waals surface area contributed by atoms with Gasteiger partial charge in [0.2, 0.25) is 0 Å². The number of carbonyl (C=O) groups excluding carboxylic acids is 2. The van der Waals surface area contributed by atoms with Gasteiger partial charge in [0.15, 0.2) is 5.78 Å². The number of hydrogen-bond acceptors (Lipinski definition) is 5. The third-order valence-electron chi connectivity index (χ3n) is 3.30. The van der Waals surface area contributed by atoms with Gasteiger partial charge in [-0.15, -0.1) is 11.3 Å². The van der Waals surface area contributed by atoms with E-state index in [0.29, 0.717) is 9.75 Å². The van der Waals surface area contributed by atoms with Gasteiger partial charge in [0.1, 0.15) is 18.3 Å². The molecule has 0 spiro atoms. The molecule has 1 aliphatic heterocycles. The van der Waals surface area contributed by atoms with E-state index < -0.39 is 36.9 Å². The Labute approximate surface area is 157 Å². The van der Waals surface area contributed by atoms with Gasteiger partial charge in [-0.05, 0) is 32.9 Å². The zero-order valence-electron chi connectivity index (χ0n) is 14.2. The molecule has 1 aromatic heterocycles. The van der Waals surface area contributed by atoms with Gasteiger partial charge < -0.3 is 9.47 Å². The fraction of sp³-hybridized carbons (Fsp3) is 0.625. The fourth-order valence-electron chi connectivity index (χ4n) is 2.24. The second-order valence-electron chi connectivity index (χ2n) is 6.78. The summed E-state index contributed by atoms with van der Waals surface area (Å²) in [7, 11) is 0. The zero-order valence-corrected chi connectivity index (χ0v) is 16.6. The number of thiophene rings is 1. The monoisotopic (exact) mass is 439 g/mol. The second kappa shape index (κ2) is 7.67. The minimum Gasteiger partial charge on any atom is -0.444 e. The van der Waals surface area contributed by atoms with Crippen LogP contribution in [-0.4, -0.2) is 53.3 Å². The van der Waals surface area contributed by atoms with Crippen molar-refractivity contribution in [3.63, 3.8) is 0 Å². The van der Waals surface area contributed by atoms with E-state index in [2.05, 4.69) is 15.9 Å². The van der Waals surface area contributed by atoms with Gasteiger partial charge in [0, 0.05) is 4.88 Å². The van der Waals surface area contributed by atoms with Gasteiger partial charge in [-0.1, -0.05) is 15.9 Å². The third-order valence-corrected chi connectivity index (χ3v) is 5.02. The molecule has 25 heavy (non-hydrogen) atoms. The molecule has 140 valence electrons. The number of Topliss-reactive ketones (excluding diaryl/α,β-unsaturated/α-hetero) is 1. The molecule has 0 N–H and O–H groups in total. The van der Waals surface area contributed by atoms with E-state index in [9.17, 15) is 18.4 Å². The molecule has 9 heteroatoms. The van der Waals surface area contributed by atoms with Crippen LogP contribution < -0.4 is 0 Å². The first-order valence-corrected chi connectivity index (χ1v) is 9.61. The van der Waals surface area contributed by atoms with Crippen LogP contribution >= 0.6 is 27.3 Å². The van der Waals surface area contributed by atoms with Crippen molar-refractivity contribution < 1.29 is 27.8 Å². The number of rotatable bonds is 3. The summed E-state index contributed by atoms with van der Waals surface area (Å²) in [5, 5.41) is 0.181. The molecular weight excluding hydrogens is 420 g/mol. The Morgan fingerprint density at radius 3 is 2.72 bits per heavy atom. The number of alkyl halides is 3. The van der Waals surface area contributed by atoms with E-state index in [4.69, 9.17) is 9.47 Å². The lowest BCUT2D eigenvalue weighted by Gasteiger charge is -2.28. The molecule has 2 rings (SSSR count). The van der Waals surface area contributed by atoms with Crippen LogP contribution in [0.5, 0.6) is 0 Å². The van der Waals surface area contributed by atoms with E-state index in [1.165, 1.54) is 11.3 Å². The summed E-state index contributed by atoms with van der Waals surface area (Å²) >= 11 is 4.28. The maximum Gasteiger partial charge on any atom is 0.410 e. The van der Waals surface area contributed by atoms with E-state index >= 15 is 0 Å². The molecule has 0 bridgehead atoms. The van der Waals surface area contributed by atoms with Gasteiger partial charge >= 0.3 is 6.09 Å². The normalized spacial score (nSPS) is 20.9. The van der Waals surface area contributed by atoms with E-state index in [1.54, 1.807) is 32.9 Å². The van der Waals surface area contributed by atoms with Crippen molar-refractivity contribution in [2.24, 2.45) is 0 Å². The second-order valence-corrected chi connectivity index (χ2v) is 8.45. The summed E-state index contributed by atoms with van der Waals surface area (Å²) in [6, 6.07) is 3.30. The third kappa shape index (κ3) is 5.72. The van der Waals surface area contributed by atoms with Crippen LogP contribution in [0.2, 0.25) is 0 Å². The lowest BCUT2D eigenvalue weighted by atomic mass is 10.2. The first-order valence-electron chi connectivity index (χ1n) is 7.67. The molecular formula is C16H20BrF2NO4S. The Balaban J connectivity index is 2.20. The van der Waals surface area contributed by atoms with Crippen molar-refractivity contribution in [3.05, 3.63) is 21.9 Å². The average molecular weight is 440 g/mol. The molecule has 1 fully saturated rings. The standard InChI is InChI=1S/C16H20BrF2NO4S/c1-15(2,3)24-14(22)20-7-11(23-9-16(18,19)8-20)13-5-4-12(25-13)10(21)6-17/h4-5,11H,6-9H2,1-3H3. The molecule has 2 heterocycles. The quantitative estimate of drug-likeness (QED) is 0.521. The van der Waals surface area contributed by atoms with E-state index in [-0.39, 0.29) is 17.7 Å². The SMILES string of the molecule is CC(C)(C)OC(=O)N1CC(c2ccc(C(=O)CBr)s2)OCC(F)(F)C1.